The smallest absolute Gasteiger partial charge is 0.319 e. The van der Waals surface area contributed by atoms with E-state index >= 15 is 0 Å². The van der Waals surface area contributed by atoms with Gasteiger partial charge in [0.15, 0.2) is 0 Å². The summed E-state index contributed by atoms with van der Waals surface area (Å²) >= 11 is 0. The van der Waals surface area contributed by atoms with Crippen LogP contribution in [-0.4, -0.2) is 61.1 Å². The number of nitrogens with one attached hydrogen (secondary N) is 2. The molecule has 5 nitrogen and oxygen atoms in total. The Morgan fingerprint density at radius 3 is 2.50 bits per heavy atom. The molecule has 0 aliphatic carbocycles. The number of benzene rings is 1. The standard InChI is InChI=1S/C17H28N4O/c1-14(2)21-12-10-20(11-13-21)9-8-18-17(22)19-16-7-5-4-6-15(16)3/h4-7,14H,8-13H2,1-3H3,(H2,18,19,22). The SMILES string of the molecule is Cc1ccccc1NC(=O)NCCN1CCN(C(C)C)CC1. The zero-order valence-electron chi connectivity index (χ0n) is 13.9. The molecule has 2 rings (SSSR count). The van der Waals surface area contributed by atoms with Crippen LogP contribution in [0, 0.1) is 6.92 Å². The highest BCUT2D eigenvalue weighted by molar-refractivity contribution is 5.89. The monoisotopic (exact) mass is 304 g/mol. The van der Waals surface area contributed by atoms with Gasteiger partial charge in [-0.3, -0.25) is 9.80 Å². The molecule has 1 heterocycles. The molecular weight excluding hydrogens is 276 g/mol. The first-order chi connectivity index (χ1) is 10.6. The highest BCUT2D eigenvalue weighted by atomic mass is 16.2. The number of nitrogens with zero attached hydrogens (tertiary/aromatic N) is 2. The summed E-state index contributed by atoms with van der Waals surface area (Å²) in [6.45, 7) is 12.5. The second-order valence-electron chi connectivity index (χ2n) is 6.17. The van der Waals surface area contributed by atoms with Gasteiger partial charge in [0, 0.05) is 51.0 Å². The third kappa shape index (κ3) is 5.00. The summed E-state index contributed by atoms with van der Waals surface area (Å²) in [4.78, 5) is 16.8. The summed E-state index contributed by atoms with van der Waals surface area (Å²) in [5, 5.41) is 5.83. The van der Waals surface area contributed by atoms with Gasteiger partial charge in [0.2, 0.25) is 0 Å². The van der Waals surface area contributed by atoms with Gasteiger partial charge in [-0.2, -0.15) is 0 Å². The number of urea groups is 1. The van der Waals surface area contributed by atoms with E-state index in [9.17, 15) is 4.79 Å². The molecular formula is C17H28N4O. The third-order valence-electron chi connectivity index (χ3n) is 4.24. The van der Waals surface area contributed by atoms with Crippen molar-refractivity contribution >= 4 is 11.7 Å². The quantitative estimate of drug-likeness (QED) is 0.876. The molecule has 1 aromatic rings. The zero-order valence-corrected chi connectivity index (χ0v) is 13.9. The lowest BCUT2D eigenvalue weighted by molar-refractivity contribution is 0.109. The highest BCUT2D eigenvalue weighted by Gasteiger charge is 2.18. The van der Waals surface area contributed by atoms with Crippen LogP contribution < -0.4 is 10.6 Å². The predicted molar refractivity (Wildman–Crippen MR) is 91.3 cm³/mol. The van der Waals surface area contributed by atoms with Crippen LogP contribution >= 0.6 is 0 Å². The number of hydrogen-bond donors (Lipinski definition) is 2. The Morgan fingerprint density at radius 2 is 1.86 bits per heavy atom. The Morgan fingerprint density at radius 1 is 1.18 bits per heavy atom. The average Bonchev–Trinajstić information content (AvgIpc) is 2.50. The normalized spacial score (nSPS) is 16.7. The van der Waals surface area contributed by atoms with Gasteiger partial charge in [0.05, 0.1) is 0 Å². The van der Waals surface area contributed by atoms with Crippen LogP contribution in [0.5, 0.6) is 0 Å². The molecule has 1 aromatic carbocycles. The molecule has 22 heavy (non-hydrogen) atoms. The van der Waals surface area contributed by atoms with Crippen LogP contribution in [0.25, 0.3) is 0 Å². The molecule has 0 aromatic heterocycles. The van der Waals surface area contributed by atoms with E-state index in [1.54, 1.807) is 0 Å². The molecule has 1 saturated heterocycles. The first-order valence-corrected chi connectivity index (χ1v) is 8.13. The molecule has 0 bridgehead atoms. The van der Waals surface area contributed by atoms with Gasteiger partial charge in [-0.05, 0) is 32.4 Å². The Balaban J connectivity index is 1.65. The van der Waals surface area contributed by atoms with E-state index < -0.39 is 0 Å². The Bertz CT molecular complexity index is 481. The fraction of sp³-hybridized carbons (Fsp3) is 0.588. The molecule has 0 saturated carbocycles. The molecule has 1 fully saturated rings. The number of piperazine rings is 1. The Hall–Kier alpha value is -1.59. The molecule has 122 valence electrons. The number of hydrogen-bond acceptors (Lipinski definition) is 3. The molecule has 1 aliphatic heterocycles. The molecule has 5 heteroatoms. The van der Waals surface area contributed by atoms with Crippen molar-refractivity contribution in [2.45, 2.75) is 26.8 Å². The number of rotatable bonds is 5. The summed E-state index contributed by atoms with van der Waals surface area (Å²) in [6, 6.07) is 8.30. The molecule has 2 amide bonds. The number of para-hydroxylation sites is 1. The highest BCUT2D eigenvalue weighted by Crippen LogP contribution is 2.12. The van der Waals surface area contributed by atoms with E-state index in [4.69, 9.17) is 0 Å². The van der Waals surface area contributed by atoms with Crippen molar-refractivity contribution in [2.75, 3.05) is 44.6 Å². The average molecular weight is 304 g/mol. The number of carbonyl (C=O) groups excluding carboxylic acids is 1. The molecule has 1 aliphatic rings. The Labute approximate surface area is 133 Å². The van der Waals surface area contributed by atoms with Crippen LogP contribution in [0.1, 0.15) is 19.4 Å². The molecule has 0 spiro atoms. The second kappa shape index (κ2) is 8.15. The van der Waals surface area contributed by atoms with E-state index in [0.29, 0.717) is 12.6 Å². The first kappa shape index (κ1) is 16.8. The maximum absolute atomic E-state index is 11.9. The fourth-order valence-corrected chi connectivity index (χ4v) is 2.71. The van der Waals surface area contributed by atoms with E-state index in [1.165, 1.54) is 0 Å². The van der Waals surface area contributed by atoms with Crippen LogP contribution in [0.3, 0.4) is 0 Å². The van der Waals surface area contributed by atoms with E-state index in [1.807, 2.05) is 31.2 Å². The van der Waals surface area contributed by atoms with Gasteiger partial charge in [-0.15, -0.1) is 0 Å². The number of anilines is 1. The van der Waals surface area contributed by atoms with Gasteiger partial charge < -0.3 is 10.6 Å². The lowest BCUT2D eigenvalue weighted by Gasteiger charge is -2.36. The van der Waals surface area contributed by atoms with Crippen LogP contribution in [-0.2, 0) is 0 Å². The molecule has 0 atom stereocenters. The van der Waals surface area contributed by atoms with Crippen molar-refractivity contribution in [2.24, 2.45) is 0 Å². The number of amides is 2. The molecule has 0 radical (unpaired) electrons. The fourth-order valence-electron chi connectivity index (χ4n) is 2.71. The zero-order chi connectivity index (χ0) is 15.9. The maximum atomic E-state index is 11.9. The largest absolute Gasteiger partial charge is 0.337 e. The van der Waals surface area contributed by atoms with E-state index in [0.717, 1.165) is 44.0 Å². The Kier molecular flexibility index (Phi) is 6.21. The van der Waals surface area contributed by atoms with Gasteiger partial charge in [0.25, 0.3) is 0 Å². The molecule has 2 N–H and O–H groups in total. The van der Waals surface area contributed by atoms with Crippen molar-refractivity contribution < 1.29 is 4.79 Å². The van der Waals surface area contributed by atoms with E-state index in [2.05, 4.69) is 34.3 Å². The summed E-state index contributed by atoms with van der Waals surface area (Å²) in [7, 11) is 0. The molecule has 0 unspecified atom stereocenters. The predicted octanol–water partition coefficient (Wildman–Crippen LogP) is 2.14. The first-order valence-electron chi connectivity index (χ1n) is 8.13. The minimum absolute atomic E-state index is 0.130. The summed E-state index contributed by atoms with van der Waals surface area (Å²) in [5.41, 5.74) is 1.94. The van der Waals surface area contributed by atoms with Crippen molar-refractivity contribution in [1.82, 2.24) is 15.1 Å². The number of carbonyl (C=O) groups is 1. The minimum atomic E-state index is -0.130. The van der Waals surface area contributed by atoms with Crippen LogP contribution in [0.4, 0.5) is 10.5 Å². The van der Waals surface area contributed by atoms with Gasteiger partial charge >= 0.3 is 6.03 Å². The van der Waals surface area contributed by atoms with E-state index in [-0.39, 0.29) is 6.03 Å². The summed E-state index contributed by atoms with van der Waals surface area (Å²) < 4.78 is 0. The van der Waals surface area contributed by atoms with Crippen molar-refractivity contribution in [3.05, 3.63) is 29.8 Å². The maximum Gasteiger partial charge on any atom is 0.319 e. The van der Waals surface area contributed by atoms with Crippen LogP contribution in [0.2, 0.25) is 0 Å². The van der Waals surface area contributed by atoms with Crippen molar-refractivity contribution in [3.63, 3.8) is 0 Å². The van der Waals surface area contributed by atoms with Crippen molar-refractivity contribution in [1.29, 1.82) is 0 Å². The minimum Gasteiger partial charge on any atom is -0.337 e. The number of aryl methyl sites for hydroxylation is 1. The third-order valence-corrected chi connectivity index (χ3v) is 4.24. The van der Waals surface area contributed by atoms with Gasteiger partial charge in [0.1, 0.15) is 0 Å². The lowest BCUT2D eigenvalue weighted by Crippen LogP contribution is -2.50. The summed E-state index contributed by atoms with van der Waals surface area (Å²) in [6.07, 6.45) is 0. The van der Waals surface area contributed by atoms with Crippen molar-refractivity contribution in [3.8, 4) is 0 Å². The van der Waals surface area contributed by atoms with Gasteiger partial charge in [-0.1, -0.05) is 18.2 Å². The second-order valence-corrected chi connectivity index (χ2v) is 6.17. The lowest BCUT2D eigenvalue weighted by atomic mass is 10.2. The topological polar surface area (TPSA) is 47.6 Å². The van der Waals surface area contributed by atoms with Crippen LogP contribution in [0.15, 0.2) is 24.3 Å². The van der Waals surface area contributed by atoms with Gasteiger partial charge in [-0.25, -0.2) is 4.79 Å². The summed E-state index contributed by atoms with van der Waals surface area (Å²) in [5.74, 6) is 0.